The molecule has 0 aliphatic carbocycles. The molecule has 6 rings (SSSR count). The van der Waals surface area contributed by atoms with Gasteiger partial charge in [0, 0.05) is 40.6 Å². The lowest BCUT2D eigenvalue weighted by molar-refractivity contribution is -0.123. The van der Waals surface area contributed by atoms with Crippen molar-refractivity contribution in [3.05, 3.63) is 124 Å². The first-order valence-corrected chi connectivity index (χ1v) is 14.7. The van der Waals surface area contributed by atoms with E-state index in [1.54, 1.807) is 18.2 Å². The largest absolute Gasteiger partial charge is 0.364 e. The van der Waals surface area contributed by atoms with Crippen molar-refractivity contribution in [3.63, 3.8) is 0 Å². The summed E-state index contributed by atoms with van der Waals surface area (Å²) in [6, 6.07) is 32.2. The molecule has 216 valence electrons. The van der Waals surface area contributed by atoms with Gasteiger partial charge in [-0.2, -0.15) is 0 Å². The van der Waals surface area contributed by atoms with Crippen LogP contribution in [0.3, 0.4) is 0 Å². The van der Waals surface area contributed by atoms with E-state index >= 15 is 0 Å². The Morgan fingerprint density at radius 2 is 1.52 bits per heavy atom. The highest BCUT2D eigenvalue weighted by Crippen LogP contribution is 2.36. The van der Waals surface area contributed by atoms with Gasteiger partial charge in [0.15, 0.2) is 0 Å². The van der Waals surface area contributed by atoms with Gasteiger partial charge in [-0.25, -0.2) is 4.99 Å². The molecular weight excluding hydrogens is 544 g/mol. The Kier molecular flexibility index (Phi) is 9.38. The van der Waals surface area contributed by atoms with Gasteiger partial charge in [0.05, 0.1) is 11.4 Å². The number of aliphatic hydroxyl groups excluding tert-OH is 1. The Balaban J connectivity index is 0.000000169. The predicted molar refractivity (Wildman–Crippen MR) is 173 cm³/mol. The molecule has 2 unspecified atom stereocenters. The summed E-state index contributed by atoms with van der Waals surface area (Å²) < 4.78 is 0. The van der Waals surface area contributed by atoms with E-state index in [1.807, 2.05) is 30.3 Å². The second-order valence-electron chi connectivity index (χ2n) is 11.1. The van der Waals surface area contributed by atoms with Crippen LogP contribution in [0.1, 0.15) is 29.2 Å². The number of aliphatic imine (C=N–C) groups is 1. The van der Waals surface area contributed by atoms with Crippen molar-refractivity contribution in [2.24, 2.45) is 10.9 Å². The van der Waals surface area contributed by atoms with Crippen LogP contribution in [-0.2, 0) is 17.6 Å². The summed E-state index contributed by atoms with van der Waals surface area (Å²) in [5.74, 6) is 0.0636. The number of anilines is 3. The van der Waals surface area contributed by atoms with Crippen molar-refractivity contribution >= 4 is 40.3 Å². The van der Waals surface area contributed by atoms with Crippen molar-refractivity contribution in [1.82, 2.24) is 4.90 Å². The molecule has 0 spiro atoms. The number of fused-ring (bicyclic) bond motifs is 3. The molecule has 4 aromatic rings. The van der Waals surface area contributed by atoms with E-state index in [2.05, 4.69) is 89.7 Å². The fourth-order valence-corrected chi connectivity index (χ4v) is 5.83. The number of nitrogens with one attached hydrogen (secondary N) is 1. The van der Waals surface area contributed by atoms with Crippen LogP contribution in [0, 0.1) is 5.92 Å². The number of hydrogen-bond acceptors (Lipinski definition) is 5. The summed E-state index contributed by atoms with van der Waals surface area (Å²) in [5.41, 5.74) is 8.33. The molecule has 6 nitrogen and oxygen atoms in total. The number of rotatable bonds is 5. The van der Waals surface area contributed by atoms with Gasteiger partial charge in [0.2, 0.25) is 6.23 Å². The van der Waals surface area contributed by atoms with Crippen LogP contribution in [0.25, 0.3) is 0 Å². The highest BCUT2D eigenvalue weighted by Gasteiger charge is 2.24. The maximum atomic E-state index is 11.7. The second-order valence-corrected chi connectivity index (χ2v) is 11.6. The van der Waals surface area contributed by atoms with Gasteiger partial charge in [-0.15, -0.1) is 0 Å². The molecule has 0 radical (unpaired) electrons. The molecule has 42 heavy (non-hydrogen) atoms. The molecule has 2 atom stereocenters. The van der Waals surface area contributed by atoms with Crippen LogP contribution < -0.4 is 10.2 Å². The van der Waals surface area contributed by atoms with Crippen LogP contribution in [0.2, 0.25) is 5.02 Å². The van der Waals surface area contributed by atoms with Crippen molar-refractivity contribution in [2.75, 3.05) is 37.4 Å². The zero-order valence-electron chi connectivity index (χ0n) is 24.3. The number of benzene rings is 4. The summed E-state index contributed by atoms with van der Waals surface area (Å²) in [7, 11) is 4.31. The molecule has 0 saturated heterocycles. The number of aryl methyl sites for hydroxylation is 2. The Morgan fingerprint density at radius 1 is 0.929 bits per heavy atom. The smallest absolute Gasteiger partial charge is 0.276 e. The van der Waals surface area contributed by atoms with Gasteiger partial charge in [-0.3, -0.25) is 4.79 Å². The second kappa shape index (κ2) is 13.3. The van der Waals surface area contributed by atoms with Crippen molar-refractivity contribution < 1.29 is 9.90 Å². The summed E-state index contributed by atoms with van der Waals surface area (Å²) in [6.07, 6.45) is 0.827. The first-order chi connectivity index (χ1) is 20.3. The highest BCUT2D eigenvalue weighted by molar-refractivity contribution is 6.32. The van der Waals surface area contributed by atoms with Crippen molar-refractivity contribution in [1.29, 1.82) is 0 Å². The number of nitrogens with zero attached hydrogens (tertiary/aromatic N) is 3. The number of aliphatic hydroxyl groups is 1. The Hall–Kier alpha value is -3.97. The van der Waals surface area contributed by atoms with E-state index in [-0.39, 0.29) is 0 Å². The van der Waals surface area contributed by atoms with E-state index in [4.69, 9.17) is 11.6 Å². The van der Waals surface area contributed by atoms with E-state index in [0.29, 0.717) is 27.9 Å². The zero-order valence-corrected chi connectivity index (χ0v) is 25.1. The lowest BCUT2D eigenvalue weighted by atomic mass is 10.0. The molecule has 2 N–H and O–H groups in total. The zero-order chi connectivity index (χ0) is 29.6. The van der Waals surface area contributed by atoms with Crippen molar-refractivity contribution in [3.8, 4) is 0 Å². The average Bonchev–Trinajstić information content (AvgIpc) is 3.21. The minimum atomic E-state index is -1.43. The van der Waals surface area contributed by atoms with Crippen LogP contribution in [-0.4, -0.2) is 55.0 Å². The fourth-order valence-electron chi connectivity index (χ4n) is 5.65. The lowest BCUT2D eigenvalue weighted by Crippen LogP contribution is -2.30. The topological polar surface area (TPSA) is 68.2 Å². The van der Waals surface area contributed by atoms with Gasteiger partial charge >= 0.3 is 0 Å². The molecule has 4 aromatic carbocycles. The molecule has 0 aromatic heterocycles. The maximum Gasteiger partial charge on any atom is 0.276 e. The van der Waals surface area contributed by atoms with E-state index in [1.165, 1.54) is 22.5 Å². The number of amides is 1. The molecule has 0 fully saturated rings. The third-order valence-electron chi connectivity index (χ3n) is 7.43. The first-order valence-electron chi connectivity index (χ1n) is 14.3. The normalized spacial score (nSPS) is 16.4. The lowest BCUT2D eigenvalue weighted by Gasteiger charge is -2.30. The van der Waals surface area contributed by atoms with Gasteiger partial charge in [0.1, 0.15) is 0 Å². The van der Waals surface area contributed by atoms with Crippen LogP contribution in [0.15, 0.2) is 102 Å². The minimum Gasteiger partial charge on any atom is -0.364 e. The van der Waals surface area contributed by atoms with E-state index in [0.717, 1.165) is 31.5 Å². The van der Waals surface area contributed by atoms with Crippen LogP contribution in [0.5, 0.6) is 0 Å². The predicted octanol–water partition coefficient (Wildman–Crippen LogP) is 6.57. The van der Waals surface area contributed by atoms with Crippen molar-refractivity contribution in [2.45, 2.75) is 26.0 Å². The molecule has 0 bridgehead atoms. The number of benzodiazepines with no additional fused rings is 1. The van der Waals surface area contributed by atoms with Gasteiger partial charge in [-0.05, 0) is 74.3 Å². The molecule has 2 aliphatic rings. The third kappa shape index (κ3) is 6.90. The quantitative estimate of drug-likeness (QED) is 0.280. The number of halogens is 1. The van der Waals surface area contributed by atoms with Gasteiger partial charge in [0.25, 0.3) is 5.91 Å². The van der Waals surface area contributed by atoms with Crippen LogP contribution in [0.4, 0.5) is 17.1 Å². The number of carbonyl (C=O) groups excluding carboxylic acids is 1. The average molecular weight is 581 g/mol. The molecule has 1 amide bonds. The molecule has 7 heteroatoms. The Labute approximate surface area is 253 Å². The van der Waals surface area contributed by atoms with Gasteiger partial charge < -0.3 is 20.2 Å². The van der Waals surface area contributed by atoms with Crippen LogP contribution >= 0.6 is 11.6 Å². The highest BCUT2D eigenvalue weighted by atomic mass is 35.5. The maximum absolute atomic E-state index is 11.7. The third-order valence-corrected chi connectivity index (χ3v) is 7.66. The molecule has 2 aliphatic heterocycles. The Bertz CT molecular complexity index is 1520. The molecule has 0 saturated carbocycles. The molecule has 2 heterocycles. The monoisotopic (exact) mass is 580 g/mol. The summed E-state index contributed by atoms with van der Waals surface area (Å²) in [4.78, 5) is 20.7. The first kappa shape index (κ1) is 29.5. The summed E-state index contributed by atoms with van der Waals surface area (Å²) in [5, 5.41) is 13.0. The number of para-hydroxylation sites is 2. The number of carbonyl (C=O) groups is 1. The number of hydrogen-bond donors (Lipinski definition) is 2. The minimum absolute atomic E-state index is 0.536. The van der Waals surface area contributed by atoms with E-state index < -0.39 is 12.1 Å². The van der Waals surface area contributed by atoms with Gasteiger partial charge in [-0.1, -0.05) is 85.3 Å². The fraction of sp³-hybridized carbons (Fsp3) is 0.257. The SMILES string of the molecule is CC(CN(C)C)CN1c2ccccc2CCc2ccccc21.O=C1Nc2ccc(Cl)cc2C(c2ccccc2)=NC1O. The standard InChI is InChI=1S/C20H26N2.C15H11ClN2O2/c1-16(14-21(2)3)15-22-19-10-6-4-8-17(19)12-13-18-9-5-7-11-20(18)22;16-10-6-7-12-11(8-10)13(9-4-2-1-3-5-9)18-15(20)14(19)17-12/h4-11,16H,12-15H2,1-3H3;1-8,15,20H,(H,17,19). The molecular formula is C35H37ClN4O2. The summed E-state index contributed by atoms with van der Waals surface area (Å²) in [6.45, 7) is 4.52. The Morgan fingerprint density at radius 3 is 2.14 bits per heavy atom. The van der Waals surface area contributed by atoms with E-state index in [9.17, 15) is 9.90 Å². The summed E-state index contributed by atoms with van der Waals surface area (Å²) >= 11 is 6.03.